The number of hydrogen-bond donors (Lipinski definition) is 2. The third-order valence-corrected chi connectivity index (χ3v) is 4.01. The number of hydrogen-bond acceptors (Lipinski definition) is 2. The number of urea groups is 1. The Hall–Kier alpha value is -1.70. The first-order valence-corrected chi connectivity index (χ1v) is 7.21. The van der Waals surface area contributed by atoms with Gasteiger partial charge >= 0.3 is 12.0 Å². The predicted octanol–water partition coefficient (Wildman–Crippen LogP) is 2.08. The van der Waals surface area contributed by atoms with E-state index in [-0.39, 0.29) is 24.4 Å². The third kappa shape index (κ3) is 4.76. The van der Waals surface area contributed by atoms with Crippen LogP contribution in [0.2, 0.25) is 0 Å². The molecule has 0 atom stereocenters. The molecule has 0 saturated heterocycles. The number of rotatable bonds is 6. The van der Waals surface area contributed by atoms with Crippen molar-refractivity contribution >= 4 is 12.0 Å². The van der Waals surface area contributed by atoms with Crippen molar-refractivity contribution in [1.29, 1.82) is 0 Å². The number of carbonyl (C=O) groups is 2. The number of aliphatic carboxylic acids is 1. The number of nitrogens with one attached hydrogen (secondary N) is 1. The van der Waals surface area contributed by atoms with Crippen LogP contribution in [-0.2, 0) is 4.79 Å². The summed E-state index contributed by atoms with van der Waals surface area (Å²) in [7, 11) is 0. The zero-order chi connectivity index (χ0) is 15.0. The monoisotopic (exact) mass is 280 g/mol. The van der Waals surface area contributed by atoms with E-state index in [0.29, 0.717) is 13.1 Å². The van der Waals surface area contributed by atoms with Crippen molar-refractivity contribution in [1.82, 2.24) is 10.2 Å². The maximum atomic E-state index is 12.0. The van der Waals surface area contributed by atoms with Gasteiger partial charge in [-0.25, -0.2) is 4.79 Å². The molecule has 0 radical (unpaired) electrons. The van der Waals surface area contributed by atoms with E-state index in [4.69, 9.17) is 11.5 Å². The van der Waals surface area contributed by atoms with Crippen molar-refractivity contribution in [2.75, 3.05) is 19.6 Å². The number of carboxylic acids is 1. The summed E-state index contributed by atoms with van der Waals surface area (Å²) in [6.45, 7) is 3.10. The lowest BCUT2D eigenvalue weighted by molar-refractivity contribution is -0.140. The third-order valence-electron chi connectivity index (χ3n) is 4.01. The van der Waals surface area contributed by atoms with Crippen molar-refractivity contribution in [3.05, 3.63) is 0 Å². The SMILES string of the molecule is C#CCN(CC)C(=O)NCC1(CC(=O)O)CCCCC1. The molecule has 112 valence electrons. The molecule has 5 heteroatoms. The van der Waals surface area contributed by atoms with E-state index in [1.807, 2.05) is 6.92 Å². The van der Waals surface area contributed by atoms with Crippen LogP contribution >= 0.6 is 0 Å². The fourth-order valence-corrected chi connectivity index (χ4v) is 2.85. The Morgan fingerprint density at radius 3 is 2.50 bits per heavy atom. The molecule has 0 aliphatic heterocycles. The Labute approximate surface area is 120 Å². The predicted molar refractivity (Wildman–Crippen MR) is 77.2 cm³/mol. The highest BCUT2D eigenvalue weighted by Crippen LogP contribution is 2.38. The Bertz CT molecular complexity index is 381. The van der Waals surface area contributed by atoms with Crippen LogP contribution in [0, 0.1) is 17.8 Å². The molecule has 0 aromatic carbocycles. The van der Waals surface area contributed by atoms with E-state index in [1.54, 1.807) is 0 Å². The van der Waals surface area contributed by atoms with Crippen LogP contribution in [0.3, 0.4) is 0 Å². The van der Waals surface area contributed by atoms with Crippen LogP contribution < -0.4 is 5.32 Å². The van der Waals surface area contributed by atoms with Crippen LogP contribution in [-0.4, -0.2) is 41.6 Å². The van der Waals surface area contributed by atoms with Crippen LogP contribution in [0.25, 0.3) is 0 Å². The summed E-state index contributed by atoms with van der Waals surface area (Å²) in [6.07, 6.45) is 10.3. The summed E-state index contributed by atoms with van der Waals surface area (Å²) >= 11 is 0. The molecular weight excluding hydrogens is 256 g/mol. The van der Waals surface area contributed by atoms with E-state index in [9.17, 15) is 9.59 Å². The first kappa shape index (κ1) is 16.4. The van der Waals surface area contributed by atoms with Gasteiger partial charge in [0.1, 0.15) is 0 Å². The molecule has 1 saturated carbocycles. The van der Waals surface area contributed by atoms with Gasteiger partial charge in [0.05, 0.1) is 13.0 Å². The molecule has 0 bridgehead atoms. The zero-order valence-corrected chi connectivity index (χ0v) is 12.2. The maximum absolute atomic E-state index is 12.0. The Balaban J connectivity index is 2.60. The minimum Gasteiger partial charge on any atom is -0.481 e. The molecule has 0 heterocycles. The second-order valence-electron chi connectivity index (χ2n) is 5.51. The zero-order valence-electron chi connectivity index (χ0n) is 12.2. The first-order chi connectivity index (χ1) is 9.53. The van der Waals surface area contributed by atoms with E-state index in [1.165, 1.54) is 4.90 Å². The Kier molecular flexibility index (Phi) is 6.37. The van der Waals surface area contributed by atoms with Gasteiger partial charge in [-0.1, -0.05) is 25.2 Å². The molecule has 0 spiro atoms. The summed E-state index contributed by atoms with van der Waals surface area (Å²) in [5.41, 5.74) is -0.296. The minimum absolute atomic E-state index is 0.120. The van der Waals surface area contributed by atoms with Crippen molar-refractivity contribution in [3.8, 4) is 12.3 Å². The smallest absolute Gasteiger partial charge is 0.318 e. The molecule has 20 heavy (non-hydrogen) atoms. The van der Waals surface area contributed by atoms with Gasteiger partial charge in [0, 0.05) is 13.1 Å². The average molecular weight is 280 g/mol. The van der Waals surface area contributed by atoms with Crippen molar-refractivity contribution in [2.24, 2.45) is 5.41 Å². The first-order valence-electron chi connectivity index (χ1n) is 7.21. The average Bonchev–Trinajstić information content (AvgIpc) is 2.42. The van der Waals surface area contributed by atoms with Gasteiger partial charge in [-0.15, -0.1) is 6.42 Å². The highest BCUT2D eigenvalue weighted by molar-refractivity contribution is 5.74. The molecule has 0 aromatic heterocycles. The standard InChI is InChI=1S/C15H24N2O3/c1-3-10-17(4-2)14(20)16-12-15(11-13(18)19)8-6-5-7-9-15/h1H,4-12H2,2H3,(H,16,20)(H,18,19). The topological polar surface area (TPSA) is 69.6 Å². The normalized spacial score (nSPS) is 17.0. The van der Waals surface area contributed by atoms with Crippen LogP contribution in [0.1, 0.15) is 45.4 Å². The summed E-state index contributed by atoms with van der Waals surface area (Å²) < 4.78 is 0. The van der Waals surface area contributed by atoms with Gasteiger partial charge < -0.3 is 15.3 Å². The highest BCUT2D eigenvalue weighted by Gasteiger charge is 2.35. The van der Waals surface area contributed by atoms with Gasteiger partial charge in [-0.3, -0.25) is 4.79 Å². The molecule has 1 aliphatic carbocycles. The van der Waals surface area contributed by atoms with E-state index in [0.717, 1.165) is 32.1 Å². The van der Waals surface area contributed by atoms with Crippen molar-refractivity contribution in [3.63, 3.8) is 0 Å². The number of amides is 2. The quantitative estimate of drug-likeness (QED) is 0.732. The number of carbonyl (C=O) groups excluding carboxylic acids is 1. The largest absolute Gasteiger partial charge is 0.481 e. The molecule has 1 fully saturated rings. The van der Waals surface area contributed by atoms with E-state index < -0.39 is 5.97 Å². The molecule has 1 aliphatic rings. The molecule has 2 amide bonds. The summed E-state index contributed by atoms with van der Waals surface area (Å²) in [5.74, 6) is 1.66. The van der Waals surface area contributed by atoms with E-state index >= 15 is 0 Å². The fraction of sp³-hybridized carbons (Fsp3) is 0.733. The van der Waals surface area contributed by atoms with Gasteiger partial charge in [0.15, 0.2) is 0 Å². The summed E-state index contributed by atoms with van der Waals surface area (Å²) in [5, 5.41) is 11.9. The van der Waals surface area contributed by atoms with Crippen LogP contribution in [0.4, 0.5) is 4.79 Å². The molecular formula is C15H24N2O3. The second-order valence-corrected chi connectivity index (χ2v) is 5.51. The Morgan fingerprint density at radius 2 is 2.00 bits per heavy atom. The van der Waals surface area contributed by atoms with E-state index in [2.05, 4.69) is 11.2 Å². The summed E-state index contributed by atoms with van der Waals surface area (Å²) in [6, 6.07) is -0.208. The van der Waals surface area contributed by atoms with Gasteiger partial charge in [-0.2, -0.15) is 0 Å². The molecule has 0 unspecified atom stereocenters. The molecule has 2 N–H and O–H groups in total. The summed E-state index contributed by atoms with van der Waals surface area (Å²) in [4.78, 5) is 24.6. The van der Waals surface area contributed by atoms with Gasteiger partial charge in [0.2, 0.25) is 0 Å². The van der Waals surface area contributed by atoms with Crippen LogP contribution in [0.5, 0.6) is 0 Å². The molecule has 1 rings (SSSR count). The van der Waals surface area contributed by atoms with Crippen molar-refractivity contribution < 1.29 is 14.7 Å². The molecule has 5 nitrogen and oxygen atoms in total. The lowest BCUT2D eigenvalue weighted by Gasteiger charge is -2.36. The number of terminal acetylenes is 1. The lowest BCUT2D eigenvalue weighted by Crippen LogP contribution is -2.46. The van der Waals surface area contributed by atoms with Crippen LogP contribution in [0.15, 0.2) is 0 Å². The second kappa shape index (κ2) is 7.78. The highest BCUT2D eigenvalue weighted by atomic mass is 16.4. The lowest BCUT2D eigenvalue weighted by atomic mass is 9.72. The minimum atomic E-state index is -0.794. The van der Waals surface area contributed by atoms with Gasteiger partial charge in [-0.05, 0) is 25.2 Å². The number of nitrogens with zero attached hydrogens (tertiary/aromatic N) is 1. The van der Waals surface area contributed by atoms with Gasteiger partial charge in [0.25, 0.3) is 0 Å². The maximum Gasteiger partial charge on any atom is 0.318 e. The number of carboxylic acid groups (broad SMARTS) is 1. The van der Waals surface area contributed by atoms with Crippen molar-refractivity contribution in [2.45, 2.75) is 45.4 Å². The molecule has 0 aromatic rings. The fourth-order valence-electron chi connectivity index (χ4n) is 2.85. The Morgan fingerprint density at radius 1 is 1.35 bits per heavy atom.